The Balaban J connectivity index is 0.000000119. The van der Waals surface area contributed by atoms with E-state index in [0.717, 1.165) is 257 Å². The maximum Gasteiger partial charge on any atom is 0.320 e. The Kier molecular flexibility index (Phi) is 22.3. The Labute approximate surface area is 730 Å². The summed E-state index contributed by atoms with van der Waals surface area (Å²) in [7, 11) is 3.63. The zero-order chi connectivity index (χ0) is 85.6. The van der Waals surface area contributed by atoms with Crippen LogP contribution in [0.25, 0.3) is 117 Å². The van der Waals surface area contributed by atoms with Crippen molar-refractivity contribution in [2.45, 2.75) is 81.3 Å². The zero-order valence-corrected chi connectivity index (χ0v) is 71.0. The minimum atomic E-state index is -0.190. The van der Waals surface area contributed by atoms with E-state index in [1.165, 1.54) is 0 Å². The van der Waals surface area contributed by atoms with Crippen molar-refractivity contribution in [1.82, 2.24) is 87.5 Å². The second-order valence-corrected chi connectivity index (χ2v) is 34.2. The fourth-order valence-electron chi connectivity index (χ4n) is 19.4. The Morgan fingerprint density at radius 2 is 0.746 bits per heavy atom. The molecule has 2 amide bonds. The lowest BCUT2D eigenvalue weighted by Gasteiger charge is -2.46. The summed E-state index contributed by atoms with van der Waals surface area (Å²) in [5.74, 6) is 5.27. The van der Waals surface area contributed by atoms with Gasteiger partial charge in [0, 0.05) is 221 Å². The van der Waals surface area contributed by atoms with E-state index in [9.17, 15) is 14.0 Å². The van der Waals surface area contributed by atoms with Crippen molar-refractivity contribution in [2.75, 3.05) is 128 Å². The Morgan fingerprint density at radius 3 is 1.10 bits per heavy atom. The lowest BCUT2D eigenvalue weighted by atomic mass is 9.78. The second kappa shape index (κ2) is 34.8. The summed E-state index contributed by atoms with van der Waals surface area (Å²) >= 11 is 0. The molecule has 0 radical (unpaired) electrons. The smallest absolute Gasteiger partial charge is 0.320 e. The number of halogens is 1. The number of esters is 1. The number of hydrogen-bond donors (Lipinski definition) is 3. The van der Waals surface area contributed by atoms with Crippen LogP contribution in [-0.4, -0.2) is 223 Å². The molecule has 126 heavy (non-hydrogen) atoms. The normalized spacial score (nSPS) is 19.4. The molecule has 0 unspecified atom stereocenters. The van der Waals surface area contributed by atoms with Crippen LogP contribution in [0.4, 0.5) is 32.3 Å². The molecule has 26 heteroatoms. The standard InChI is InChI=1S/C35H32FN7.C33H35N7O2.C32H34N8O/c36-27-9-11-28(12-10-27)41-16-18-42(19-17-41)29-20-26(21-29)35-40-32(33-34(37)38-14-15-43(33)35)25-7-6-24-8-13-30(39-31(24)22-25)23-4-2-1-3-5-23;1-2-42-29(41)21-38-14-16-39(17-15-38)26-18-25(19-26)33-37-30(31-32(34)35-12-13-40(31)33)24-9-8-23-10-11-27(36-28(23)20-24)22-6-4-3-5-7-22;1-37(2)32(41)39-16-14-38(15-17-39)25-18-24(19-25)31-36-28(29-30(33)34-12-13-40(29)31)23-9-8-22-10-11-26(35-27(22)20-23)21-6-4-3-5-7-21/h1-15,22,26,29H,16-21H2,(H2,37,38);3-13,20,25-26H,2,14-19,21H2,1H3,(H2,34,35);3-13,20,24-25H,14-19H2,1-2H3,(H2,33,34). The van der Waals surface area contributed by atoms with E-state index in [0.29, 0.717) is 66.5 Å². The van der Waals surface area contributed by atoms with Crippen molar-refractivity contribution in [3.8, 4) is 67.5 Å². The van der Waals surface area contributed by atoms with Gasteiger partial charge in [-0.15, -0.1) is 0 Å². The third-order valence-electron chi connectivity index (χ3n) is 26.5. The van der Waals surface area contributed by atoms with Gasteiger partial charge in [0.05, 0.1) is 46.8 Å². The molecule has 22 rings (SSSR count). The maximum absolute atomic E-state index is 13.4. The van der Waals surface area contributed by atoms with Gasteiger partial charge in [0.15, 0.2) is 0 Å². The number of rotatable bonds is 16. The van der Waals surface area contributed by atoms with Gasteiger partial charge in [0.1, 0.15) is 74.4 Å². The SMILES string of the molecule is CCOC(=O)CN1CCN(C2CC(c3nc(-c4ccc5ccc(-c6ccccc6)nc5c4)c4c(N)nccn34)C2)CC1.CN(C)C(=O)N1CCN(C2CC(c3nc(-c4ccc5ccc(-c6ccccc6)nc5c4)c4c(N)nccn34)C2)CC1.Nc1nccn2c(C3CC(N4CCN(c5ccc(F)cc5)CC4)C3)nc(-c3ccc4ccc(-c5ccccc5)nc4c3)c12. The van der Waals surface area contributed by atoms with Gasteiger partial charge in [0.25, 0.3) is 0 Å². The summed E-state index contributed by atoms with van der Waals surface area (Å²) in [6.45, 7) is 13.7. The van der Waals surface area contributed by atoms with Crippen LogP contribution in [-0.2, 0) is 9.53 Å². The monoisotopic (exact) mass is 1680 g/mol. The Hall–Kier alpha value is -13.7. The molecule has 3 aliphatic heterocycles. The number of benzene rings is 7. The molecule has 636 valence electrons. The largest absolute Gasteiger partial charge is 0.465 e. The maximum atomic E-state index is 13.4. The number of hydrogen-bond acceptors (Lipinski definition) is 20. The lowest BCUT2D eigenvalue weighted by Crippen LogP contribution is -2.56. The van der Waals surface area contributed by atoms with Crippen LogP contribution in [0.5, 0.6) is 0 Å². The molecule has 6 aliphatic rings. The first kappa shape index (κ1) is 80.7. The van der Waals surface area contributed by atoms with E-state index < -0.39 is 0 Å². The first-order valence-corrected chi connectivity index (χ1v) is 44.0. The minimum absolute atomic E-state index is 0.0962. The molecule has 3 saturated heterocycles. The van der Waals surface area contributed by atoms with Crippen molar-refractivity contribution in [1.29, 1.82) is 0 Å². The highest BCUT2D eigenvalue weighted by Crippen LogP contribution is 2.47. The van der Waals surface area contributed by atoms with E-state index in [-0.39, 0.29) is 17.8 Å². The number of carbonyl (C=O) groups is 2. The summed E-state index contributed by atoms with van der Waals surface area (Å²) < 4.78 is 24.9. The number of carbonyl (C=O) groups excluding carboxylic acids is 2. The van der Waals surface area contributed by atoms with Crippen molar-refractivity contribution in [3.05, 3.63) is 267 Å². The third kappa shape index (κ3) is 16.2. The van der Waals surface area contributed by atoms with Crippen molar-refractivity contribution < 1.29 is 18.7 Å². The summed E-state index contributed by atoms with van der Waals surface area (Å²) in [6, 6.07) is 70.7. The highest BCUT2D eigenvalue weighted by Gasteiger charge is 2.43. The molecule has 6 fully saturated rings. The first-order valence-electron chi connectivity index (χ1n) is 44.0. The highest BCUT2D eigenvalue weighted by molar-refractivity contribution is 5.95. The molecule has 3 aliphatic carbocycles. The van der Waals surface area contributed by atoms with Gasteiger partial charge < -0.3 is 36.6 Å². The topological polar surface area (TPSA) is 273 Å². The molecule has 25 nitrogen and oxygen atoms in total. The van der Waals surface area contributed by atoms with Gasteiger partial charge in [-0.1, -0.05) is 146 Å². The highest BCUT2D eigenvalue weighted by atomic mass is 19.1. The van der Waals surface area contributed by atoms with Crippen LogP contribution in [0.3, 0.4) is 0 Å². The predicted octanol–water partition coefficient (Wildman–Crippen LogP) is 15.8. The number of nitrogens with zero attached hydrogens (tertiary/aromatic N) is 19. The number of pyridine rings is 3. The molecule has 12 heterocycles. The molecule has 6 N–H and O–H groups in total. The summed E-state index contributed by atoms with van der Waals surface area (Å²) in [5, 5.41) is 3.24. The van der Waals surface area contributed by atoms with Crippen LogP contribution in [0, 0.1) is 5.82 Å². The van der Waals surface area contributed by atoms with Gasteiger partial charge in [-0.05, 0) is 106 Å². The summed E-state index contributed by atoms with van der Waals surface area (Å²) in [4.78, 5) is 83.8. The van der Waals surface area contributed by atoms with E-state index >= 15 is 0 Å². The van der Waals surface area contributed by atoms with Crippen molar-refractivity contribution in [3.63, 3.8) is 0 Å². The molecule has 0 spiro atoms. The van der Waals surface area contributed by atoms with Gasteiger partial charge in [-0.2, -0.15) is 0 Å². The third-order valence-corrected chi connectivity index (χ3v) is 26.5. The van der Waals surface area contributed by atoms with Gasteiger partial charge in [0.2, 0.25) is 0 Å². The number of imidazole rings is 3. The van der Waals surface area contributed by atoms with E-state index in [2.05, 4.69) is 180 Å². The quantitative estimate of drug-likeness (QED) is 0.0758. The molecule has 0 bridgehead atoms. The Bertz CT molecular complexity index is 6670. The number of amides is 2. The number of nitrogen functional groups attached to an aromatic ring is 3. The number of ether oxygens (including phenoxy) is 1. The van der Waals surface area contributed by atoms with Crippen molar-refractivity contribution >= 4 is 84.4 Å². The minimum Gasteiger partial charge on any atom is -0.465 e. The van der Waals surface area contributed by atoms with E-state index in [4.69, 9.17) is 51.8 Å². The number of aromatic nitrogens is 12. The molecule has 16 aromatic rings. The van der Waals surface area contributed by atoms with Crippen molar-refractivity contribution in [2.24, 2.45) is 0 Å². The average molecular weight is 1680 g/mol. The molecular formula is C100H101FN22O3. The van der Waals surface area contributed by atoms with Gasteiger partial charge >= 0.3 is 12.0 Å². The van der Waals surface area contributed by atoms with Crippen LogP contribution >= 0.6 is 0 Å². The Morgan fingerprint density at radius 1 is 0.405 bits per heavy atom. The van der Waals surface area contributed by atoms with Gasteiger partial charge in [-0.3, -0.25) is 37.6 Å². The van der Waals surface area contributed by atoms with E-state index in [1.54, 1.807) is 35.6 Å². The van der Waals surface area contributed by atoms with Gasteiger partial charge in [-0.25, -0.2) is 54.0 Å². The fourth-order valence-corrected chi connectivity index (χ4v) is 19.4. The number of anilines is 4. The molecule has 9 aromatic heterocycles. The molecular weight excluding hydrogens is 1580 g/mol. The molecule has 7 aromatic carbocycles. The predicted molar refractivity (Wildman–Crippen MR) is 495 cm³/mol. The fraction of sp³-hybridized carbons (Fsp3) is 0.290. The van der Waals surface area contributed by atoms with Crippen LogP contribution in [0.2, 0.25) is 0 Å². The summed E-state index contributed by atoms with van der Waals surface area (Å²) in [5.41, 5.74) is 37.4. The number of nitrogens with two attached hydrogens (primary N) is 3. The number of urea groups is 1. The van der Waals surface area contributed by atoms with Crippen LogP contribution in [0.15, 0.2) is 243 Å². The number of fused-ring (bicyclic) bond motifs is 6. The second-order valence-electron chi connectivity index (χ2n) is 34.2. The average Bonchev–Trinajstić information content (AvgIpc) is 1.60. The number of piperazine rings is 3. The molecule has 3 saturated carbocycles. The first-order chi connectivity index (χ1) is 61.6. The van der Waals surface area contributed by atoms with Crippen LogP contribution < -0.4 is 22.1 Å². The van der Waals surface area contributed by atoms with Crippen LogP contribution in [0.1, 0.15) is 80.7 Å². The van der Waals surface area contributed by atoms with E-state index in [1.807, 2.05) is 111 Å². The zero-order valence-electron chi connectivity index (χ0n) is 71.0. The summed E-state index contributed by atoms with van der Waals surface area (Å²) in [6.07, 6.45) is 17.5. The molecule has 0 atom stereocenters. The lowest BCUT2D eigenvalue weighted by molar-refractivity contribution is -0.145.